The number of likely N-dealkylation sites (tertiary alicyclic amines) is 1. The van der Waals surface area contributed by atoms with E-state index in [1.807, 2.05) is 40.6 Å². The number of hydrogen-bond donors (Lipinski definition) is 1. The van der Waals surface area contributed by atoms with Crippen molar-refractivity contribution >= 4 is 29.2 Å². The molecule has 0 saturated carbocycles. The topological polar surface area (TPSA) is 82.6 Å². The average Bonchev–Trinajstić information content (AvgIpc) is 3.61. The summed E-state index contributed by atoms with van der Waals surface area (Å²) in [4.78, 5) is 48.6. The molecule has 0 bridgehead atoms. The molecule has 0 spiro atoms. The summed E-state index contributed by atoms with van der Waals surface area (Å²) in [6.07, 6.45) is 8.50. The zero-order valence-corrected chi connectivity index (χ0v) is 19.4. The zero-order valence-electron chi connectivity index (χ0n) is 18.5. The minimum Gasteiger partial charge on any atom is -0.339 e. The van der Waals surface area contributed by atoms with Gasteiger partial charge in [0.25, 0.3) is 5.91 Å². The Morgan fingerprint density at radius 2 is 2.03 bits per heavy atom. The maximum absolute atomic E-state index is 13.8. The number of piperidine rings is 1. The van der Waals surface area contributed by atoms with Crippen LogP contribution in [0, 0.1) is 5.92 Å². The molecule has 1 aliphatic carbocycles. The van der Waals surface area contributed by atoms with Gasteiger partial charge in [0.05, 0.1) is 5.69 Å². The van der Waals surface area contributed by atoms with E-state index in [-0.39, 0.29) is 23.8 Å². The lowest BCUT2D eigenvalue weighted by molar-refractivity contribution is -0.135. The molecule has 5 rings (SSSR count). The Hall–Kier alpha value is -3.00. The third kappa shape index (κ3) is 3.97. The van der Waals surface area contributed by atoms with Crippen molar-refractivity contribution in [2.45, 2.75) is 44.1 Å². The van der Waals surface area contributed by atoms with Gasteiger partial charge in [-0.1, -0.05) is 18.2 Å². The van der Waals surface area contributed by atoms with Crippen LogP contribution >= 0.6 is 11.3 Å². The number of aromatic nitrogens is 1. The summed E-state index contributed by atoms with van der Waals surface area (Å²) in [7, 11) is 0. The fraction of sp³-hybridized carbons (Fsp3) is 0.440. The Morgan fingerprint density at radius 3 is 2.70 bits per heavy atom. The Kier molecular flexibility index (Phi) is 6.01. The molecule has 1 atom stereocenters. The molecule has 2 aliphatic heterocycles. The highest BCUT2D eigenvalue weighted by molar-refractivity contribution is 7.09. The Bertz CT molecular complexity index is 1060. The first kappa shape index (κ1) is 21.8. The van der Waals surface area contributed by atoms with Crippen molar-refractivity contribution in [3.8, 4) is 0 Å². The van der Waals surface area contributed by atoms with E-state index in [4.69, 9.17) is 0 Å². The van der Waals surface area contributed by atoms with E-state index in [2.05, 4.69) is 16.4 Å². The predicted molar refractivity (Wildman–Crippen MR) is 125 cm³/mol. The standard InChI is InChI=1S/C25H28N4O3S/c30-22(18-6-1-2-7-18)28-14-10-19(11-15-28)25(21-9-3-4-13-26-21)23(31)29(24(32)27-25)16-12-20-8-5-17-33-20/h3-6,8-9,13,17,19H,1-2,7,10-12,14-16H2,(H,27,32)/t25-/m1/s1. The molecular formula is C25H28N4O3S. The third-order valence-electron chi connectivity index (χ3n) is 7.07. The molecule has 33 heavy (non-hydrogen) atoms. The van der Waals surface area contributed by atoms with Gasteiger partial charge in [-0.15, -0.1) is 11.3 Å². The van der Waals surface area contributed by atoms with Crippen LogP contribution in [0.25, 0.3) is 0 Å². The highest BCUT2D eigenvalue weighted by atomic mass is 32.1. The Balaban J connectivity index is 1.37. The van der Waals surface area contributed by atoms with E-state index in [0.717, 1.165) is 29.7 Å². The summed E-state index contributed by atoms with van der Waals surface area (Å²) >= 11 is 1.62. The molecule has 8 heteroatoms. The number of allylic oxidation sites excluding steroid dienone is 1. The largest absolute Gasteiger partial charge is 0.339 e. The van der Waals surface area contributed by atoms with Crippen LogP contribution in [0.3, 0.4) is 0 Å². The summed E-state index contributed by atoms with van der Waals surface area (Å²) in [6.45, 7) is 1.49. The van der Waals surface area contributed by atoms with E-state index in [0.29, 0.717) is 44.6 Å². The van der Waals surface area contributed by atoms with Crippen LogP contribution in [0.15, 0.2) is 53.6 Å². The number of pyridine rings is 1. The van der Waals surface area contributed by atoms with Gasteiger partial charge in [0.15, 0.2) is 5.54 Å². The van der Waals surface area contributed by atoms with Crippen LogP contribution in [0.5, 0.6) is 0 Å². The van der Waals surface area contributed by atoms with Crippen LogP contribution < -0.4 is 5.32 Å². The molecule has 2 fully saturated rings. The van der Waals surface area contributed by atoms with Gasteiger partial charge in [0.2, 0.25) is 5.91 Å². The molecule has 7 nitrogen and oxygen atoms in total. The molecule has 1 N–H and O–H groups in total. The van der Waals surface area contributed by atoms with Crippen molar-refractivity contribution in [1.82, 2.24) is 20.1 Å². The second-order valence-electron chi connectivity index (χ2n) is 8.93. The van der Waals surface area contributed by atoms with Gasteiger partial charge < -0.3 is 10.2 Å². The van der Waals surface area contributed by atoms with E-state index in [1.165, 1.54) is 4.90 Å². The Morgan fingerprint density at radius 1 is 1.18 bits per heavy atom. The number of thiophene rings is 1. The maximum Gasteiger partial charge on any atom is 0.325 e. The van der Waals surface area contributed by atoms with Crippen molar-refractivity contribution in [3.05, 3.63) is 64.1 Å². The van der Waals surface area contributed by atoms with Gasteiger partial charge >= 0.3 is 6.03 Å². The van der Waals surface area contributed by atoms with Gasteiger partial charge in [0, 0.05) is 42.2 Å². The molecule has 172 valence electrons. The van der Waals surface area contributed by atoms with Crippen LogP contribution in [-0.2, 0) is 21.5 Å². The molecule has 2 aromatic heterocycles. The highest BCUT2D eigenvalue weighted by Crippen LogP contribution is 2.41. The van der Waals surface area contributed by atoms with E-state index in [1.54, 1.807) is 17.5 Å². The van der Waals surface area contributed by atoms with Crippen molar-refractivity contribution < 1.29 is 14.4 Å². The summed E-state index contributed by atoms with van der Waals surface area (Å²) in [5.74, 6) is -0.236. The SMILES string of the molecule is O=C(C1=CCCC1)N1CCC([C@]2(c3ccccn3)NC(=O)N(CCc3cccs3)C2=O)CC1. The monoisotopic (exact) mass is 464 g/mol. The number of urea groups is 1. The fourth-order valence-electron chi connectivity index (χ4n) is 5.31. The minimum atomic E-state index is -1.18. The zero-order chi connectivity index (χ0) is 22.8. The highest BCUT2D eigenvalue weighted by Gasteiger charge is 2.58. The lowest BCUT2D eigenvalue weighted by Crippen LogP contribution is -2.54. The molecule has 2 aromatic rings. The summed E-state index contributed by atoms with van der Waals surface area (Å²) < 4.78 is 0. The number of amides is 4. The number of hydrogen-bond acceptors (Lipinski definition) is 5. The van der Waals surface area contributed by atoms with Gasteiger partial charge in [-0.3, -0.25) is 19.5 Å². The van der Waals surface area contributed by atoms with E-state index >= 15 is 0 Å². The molecular weight excluding hydrogens is 436 g/mol. The molecule has 0 radical (unpaired) electrons. The predicted octanol–water partition coefficient (Wildman–Crippen LogP) is 3.48. The summed E-state index contributed by atoms with van der Waals surface area (Å²) in [5, 5.41) is 5.04. The van der Waals surface area contributed by atoms with Crippen molar-refractivity contribution in [3.63, 3.8) is 0 Å². The van der Waals surface area contributed by atoms with E-state index < -0.39 is 5.54 Å². The van der Waals surface area contributed by atoms with Crippen LogP contribution in [0.1, 0.15) is 42.7 Å². The maximum atomic E-state index is 13.8. The fourth-order valence-corrected chi connectivity index (χ4v) is 6.01. The number of carbonyl (C=O) groups is 3. The van der Waals surface area contributed by atoms with Crippen molar-refractivity contribution in [2.24, 2.45) is 5.92 Å². The average molecular weight is 465 g/mol. The molecule has 4 amide bonds. The van der Waals surface area contributed by atoms with Crippen LogP contribution in [0.4, 0.5) is 4.79 Å². The molecule has 3 aliphatic rings. The number of nitrogens with zero attached hydrogens (tertiary/aromatic N) is 3. The first-order chi connectivity index (χ1) is 16.1. The van der Waals surface area contributed by atoms with Gasteiger partial charge in [-0.2, -0.15) is 0 Å². The summed E-state index contributed by atoms with van der Waals surface area (Å²) in [5.41, 5.74) is 0.304. The lowest BCUT2D eigenvalue weighted by atomic mass is 9.75. The van der Waals surface area contributed by atoms with Crippen molar-refractivity contribution in [1.29, 1.82) is 0 Å². The second kappa shape index (κ2) is 9.09. The van der Waals surface area contributed by atoms with Crippen molar-refractivity contribution in [2.75, 3.05) is 19.6 Å². The second-order valence-corrected chi connectivity index (χ2v) is 9.96. The first-order valence-electron chi connectivity index (χ1n) is 11.7. The quantitative estimate of drug-likeness (QED) is 0.664. The van der Waals surface area contributed by atoms with Gasteiger partial charge in [-0.05, 0) is 62.1 Å². The first-order valence-corrected chi connectivity index (χ1v) is 12.5. The van der Waals surface area contributed by atoms with Gasteiger partial charge in [-0.25, -0.2) is 4.79 Å². The van der Waals surface area contributed by atoms with E-state index in [9.17, 15) is 14.4 Å². The number of rotatable bonds is 6. The third-order valence-corrected chi connectivity index (χ3v) is 8.01. The number of nitrogens with one attached hydrogen (secondary N) is 1. The van der Waals surface area contributed by atoms with Crippen LogP contribution in [-0.4, -0.2) is 52.3 Å². The minimum absolute atomic E-state index is 0.122. The lowest BCUT2D eigenvalue weighted by Gasteiger charge is -2.40. The smallest absolute Gasteiger partial charge is 0.325 e. The molecule has 2 saturated heterocycles. The summed E-state index contributed by atoms with van der Waals surface area (Å²) in [6, 6.07) is 9.11. The van der Waals surface area contributed by atoms with Crippen LogP contribution in [0.2, 0.25) is 0 Å². The molecule has 0 unspecified atom stereocenters. The molecule has 4 heterocycles. The molecule has 0 aromatic carbocycles. The van der Waals surface area contributed by atoms with Gasteiger partial charge in [0.1, 0.15) is 0 Å². The number of imide groups is 1. The normalized spacial score (nSPS) is 23.7. The number of carbonyl (C=O) groups excluding carboxylic acids is 3. The Labute approximate surface area is 197 Å².